The summed E-state index contributed by atoms with van der Waals surface area (Å²) < 4.78 is 6.92. The molecule has 1 aromatic carbocycles. The van der Waals surface area contributed by atoms with Gasteiger partial charge in [0.15, 0.2) is 0 Å². The van der Waals surface area contributed by atoms with Crippen LogP contribution in [0.1, 0.15) is 24.3 Å². The molecule has 4 nitrogen and oxygen atoms in total. The van der Waals surface area contributed by atoms with Gasteiger partial charge in [-0.15, -0.1) is 0 Å². The third-order valence-corrected chi connectivity index (χ3v) is 2.81. The van der Waals surface area contributed by atoms with E-state index in [2.05, 4.69) is 5.10 Å². The van der Waals surface area contributed by atoms with Gasteiger partial charge in [0.25, 0.3) is 0 Å². The Morgan fingerprint density at radius 3 is 2.41 bits per heavy atom. The van der Waals surface area contributed by atoms with E-state index >= 15 is 0 Å². The number of rotatable bonds is 3. The fourth-order valence-electron chi connectivity index (χ4n) is 1.82. The number of aliphatic hydroxyl groups is 1. The molecule has 0 aliphatic rings. The molecule has 0 fully saturated rings. The summed E-state index contributed by atoms with van der Waals surface area (Å²) in [5.74, 6) is 0.814. The molecule has 1 heterocycles. The molecule has 1 unspecified atom stereocenters. The minimum absolute atomic E-state index is 0.498. The van der Waals surface area contributed by atoms with Crippen molar-refractivity contribution in [1.82, 2.24) is 9.78 Å². The highest BCUT2D eigenvalue weighted by molar-refractivity contribution is 5.39. The highest BCUT2D eigenvalue weighted by Crippen LogP contribution is 2.21. The van der Waals surface area contributed by atoms with Crippen molar-refractivity contribution in [2.24, 2.45) is 0 Å². The molecular weight excluding hydrogens is 216 g/mol. The first-order valence-corrected chi connectivity index (χ1v) is 5.50. The maximum absolute atomic E-state index is 9.57. The zero-order valence-electron chi connectivity index (χ0n) is 10.2. The van der Waals surface area contributed by atoms with Crippen LogP contribution in [0.15, 0.2) is 30.5 Å². The van der Waals surface area contributed by atoms with Crippen LogP contribution in [0.5, 0.6) is 5.75 Å². The number of benzene rings is 1. The molecule has 0 aliphatic carbocycles. The number of aliphatic hydroxyl groups excluding tert-OH is 1. The Bertz CT molecular complexity index is 501. The largest absolute Gasteiger partial charge is 0.497 e. The van der Waals surface area contributed by atoms with Crippen molar-refractivity contribution in [2.75, 3.05) is 7.11 Å². The van der Waals surface area contributed by atoms with Crippen molar-refractivity contribution in [1.29, 1.82) is 0 Å². The summed E-state index contributed by atoms with van der Waals surface area (Å²) >= 11 is 0. The Labute approximate surface area is 100 Å². The van der Waals surface area contributed by atoms with E-state index in [1.54, 1.807) is 20.2 Å². The zero-order chi connectivity index (χ0) is 12.4. The van der Waals surface area contributed by atoms with Gasteiger partial charge in [-0.05, 0) is 38.1 Å². The Balaban J connectivity index is 2.39. The number of methoxy groups -OCH3 is 1. The Kier molecular flexibility index (Phi) is 3.15. The van der Waals surface area contributed by atoms with Crippen molar-refractivity contribution in [3.8, 4) is 11.4 Å². The van der Waals surface area contributed by atoms with Gasteiger partial charge in [0.05, 0.1) is 25.1 Å². The maximum atomic E-state index is 9.57. The second-order valence-corrected chi connectivity index (χ2v) is 3.97. The number of nitrogens with zero attached hydrogens (tertiary/aromatic N) is 2. The van der Waals surface area contributed by atoms with Gasteiger partial charge in [-0.1, -0.05) is 0 Å². The lowest BCUT2D eigenvalue weighted by Gasteiger charge is -2.07. The van der Waals surface area contributed by atoms with E-state index in [0.717, 1.165) is 22.7 Å². The van der Waals surface area contributed by atoms with E-state index in [1.807, 2.05) is 35.9 Å². The molecule has 2 aromatic rings. The first-order chi connectivity index (χ1) is 8.13. The fourth-order valence-corrected chi connectivity index (χ4v) is 1.82. The zero-order valence-corrected chi connectivity index (χ0v) is 10.2. The quantitative estimate of drug-likeness (QED) is 0.882. The third-order valence-electron chi connectivity index (χ3n) is 2.81. The summed E-state index contributed by atoms with van der Waals surface area (Å²) in [5, 5.41) is 13.9. The van der Waals surface area contributed by atoms with E-state index in [4.69, 9.17) is 4.74 Å². The lowest BCUT2D eigenvalue weighted by Crippen LogP contribution is -2.00. The maximum Gasteiger partial charge on any atom is 0.119 e. The average Bonchev–Trinajstić information content (AvgIpc) is 2.71. The van der Waals surface area contributed by atoms with Gasteiger partial charge in [0.1, 0.15) is 5.75 Å². The molecular formula is C13H16N2O2. The second kappa shape index (κ2) is 4.59. The summed E-state index contributed by atoms with van der Waals surface area (Å²) in [6.07, 6.45) is 1.20. The Morgan fingerprint density at radius 2 is 1.94 bits per heavy atom. The molecule has 0 saturated carbocycles. The van der Waals surface area contributed by atoms with Crippen LogP contribution in [0, 0.1) is 6.92 Å². The monoisotopic (exact) mass is 232 g/mol. The van der Waals surface area contributed by atoms with Crippen LogP contribution in [-0.4, -0.2) is 22.0 Å². The summed E-state index contributed by atoms with van der Waals surface area (Å²) in [4.78, 5) is 0. The molecule has 1 aromatic heterocycles. The van der Waals surface area contributed by atoms with Crippen LogP contribution in [0.3, 0.4) is 0 Å². The van der Waals surface area contributed by atoms with Gasteiger partial charge in [0.2, 0.25) is 0 Å². The van der Waals surface area contributed by atoms with Gasteiger partial charge in [-0.3, -0.25) is 0 Å². The molecule has 0 amide bonds. The third kappa shape index (κ3) is 2.17. The Hall–Kier alpha value is -1.81. The van der Waals surface area contributed by atoms with Crippen molar-refractivity contribution in [2.45, 2.75) is 20.0 Å². The lowest BCUT2D eigenvalue weighted by molar-refractivity contribution is 0.198. The van der Waals surface area contributed by atoms with Crippen LogP contribution >= 0.6 is 0 Å². The number of hydrogen-bond acceptors (Lipinski definition) is 3. The molecule has 0 saturated heterocycles. The smallest absolute Gasteiger partial charge is 0.119 e. The molecule has 0 bridgehead atoms. The SMILES string of the molecule is COc1ccc(-n2ncc(C(C)O)c2C)cc1. The molecule has 0 radical (unpaired) electrons. The minimum atomic E-state index is -0.498. The van der Waals surface area contributed by atoms with Gasteiger partial charge < -0.3 is 9.84 Å². The molecule has 1 atom stereocenters. The molecule has 2 rings (SSSR count). The van der Waals surface area contributed by atoms with Crippen LogP contribution in [0.25, 0.3) is 5.69 Å². The summed E-state index contributed by atoms with van der Waals surface area (Å²) in [7, 11) is 1.64. The normalized spacial score (nSPS) is 12.5. The standard InChI is InChI=1S/C13H16N2O2/c1-9-13(10(2)16)8-14-15(9)11-4-6-12(17-3)7-5-11/h4-8,10,16H,1-3H3. The second-order valence-electron chi connectivity index (χ2n) is 3.97. The highest BCUT2D eigenvalue weighted by atomic mass is 16.5. The predicted octanol–water partition coefficient (Wildman–Crippen LogP) is 2.24. The predicted molar refractivity (Wildman–Crippen MR) is 65.5 cm³/mol. The van der Waals surface area contributed by atoms with Crippen molar-refractivity contribution >= 4 is 0 Å². The fraction of sp³-hybridized carbons (Fsp3) is 0.308. The summed E-state index contributed by atoms with van der Waals surface area (Å²) in [5.41, 5.74) is 2.75. The number of hydrogen-bond donors (Lipinski definition) is 1. The van der Waals surface area contributed by atoms with Crippen LogP contribution in [-0.2, 0) is 0 Å². The number of ether oxygens (including phenoxy) is 1. The van der Waals surface area contributed by atoms with Gasteiger partial charge in [-0.25, -0.2) is 4.68 Å². The molecule has 0 aliphatic heterocycles. The average molecular weight is 232 g/mol. The minimum Gasteiger partial charge on any atom is -0.497 e. The molecule has 4 heteroatoms. The van der Waals surface area contributed by atoms with Crippen molar-refractivity contribution in [3.63, 3.8) is 0 Å². The molecule has 1 N–H and O–H groups in total. The Morgan fingerprint density at radius 1 is 1.29 bits per heavy atom. The van der Waals surface area contributed by atoms with Crippen molar-refractivity contribution in [3.05, 3.63) is 41.7 Å². The van der Waals surface area contributed by atoms with Gasteiger partial charge in [-0.2, -0.15) is 5.10 Å². The van der Waals surface area contributed by atoms with E-state index in [0.29, 0.717) is 0 Å². The highest BCUT2D eigenvalue weighted by Gasteiger charge is 2.11. The molecule has 17 heavy (non-hydrogen) atoms. The van der Waals surface area contributed by atoms with Crippen molar-refractivity contribution < 1.29 is 9.84 Å². The van der Waals surface area contributed by atoms with E-state index in [1.165, 1.54) is 0 Å². The summed E-state index contributed by atoms with van der Waals surface area (Å²) in [6, 6.07) is 7.65. The van der Waals surface area contributed by atoms with Crippen LogP contribution < -0.4 is 4.74 Å². The summed E-state index contributed by atoms with van der Waals surface area (Å²) in [6.45, 7) is 3.68. The van der Waals surface area contributed by atoms with Gasteiger partial charge in [0, 0.05) is 11.3 Å². The number of aromatic nitrogens is 2. The van der Waals surface area contributed by atoms with Gasteiger partial charge >= 0.3 is 0 Å². The first kappa shape index (κ1) is 11.7. The lowest BCUT2D eigenvalue weighted by atomic mass is 10.2. The molecule has 90 valence electrons. The van der Waals surface area contributed by atoms with Crippen LogP contribution in [0.2, 0.25) is 0 Å². The van der Waals surface area contributed by atoms with E-state index < -0.39 is 6.10 Å². The van der Waals surface area contributed by atoms with Crippen LogP contribution in [0.4, 0.5) is 0 Å². The van der Waals surface area contributed by atoms with E-state index in [-0.39, 0.29) is 0 Å². The molecule has 0 spiro atoms. The topological polar surface area (TPSA) is 47.3 Å². The first-order valence-electron chi connectivity index (χ1n) is 5.50. The van der Waals surface area contributed by atoms with E-state index in [9.17, 15) is 5.11 Å².